The molecule has 49 heavy (non-hydrogen) atoms. The van der Waals surface area contributed by atoms with E-state index in [-0.39, 0.29) is 63.0 Å². The molecule has 8 nitrogen and oxygen atoms in total. The number of aromatic nitrogens is 8. The Morgan fingerprint density at radius 1 is 0.306 bits per heavy atom. The summed E-state index contributed by atoms with van der Waals surface area (Å²) in [5, 5.41) is 4.34. The van der Waals surface area contributed by atoms with E-state index in [1.807, 2.05) is 0 Å². The zero-order valence-corrected chi connectivity index (χ0v) is 30.7. The number of hydrogen-bond donors (Lipinski definition) is 0. The van der Waals surface area contributed by atoms with Crippen LogP contribution in [0.3, 0.4) is 0 Å². The maximum absolute atomic E-state index is 6.74. The molecule has 2 aliphatic heterocycles. The minimum absolute atomic E-state index is 0. The van der Waals surface area contributed by atoms with E-state index in [4.69, 9.17) is 133 Å². The molecule has 0 saturated carbocycles. The van der Waals surface area contributed by atoms with E-state index in [9.17, 15) is 0 Å². The predicted molar refractivity (Wildman–Crippen MR) is 194 cm³/mol. The largest absolute Gasteiger partial charge is 2.00 e. The Kier molecular flexibility index (Phi) is 8.21. The third-order valence-electron chi connectivity index (χ3n) is 7.90. The molecular weight excluding hydrogens is 836 g/mol. The fourth-order valence-electron chi connectivity index (χ4n) is 5.85. The fraction of sp³-hybridized carbons (Fsp3) is 0. The number of hydrogen-bond acceptors (Lipinski definition) is 6. The first kappa shape index (κ1) is 33.2. The average Bonchev–Trinajstić information content (AvgIpc) is 3.80. The van der Waals surface area contributed by atoms with Gasteiger partial charge in [0.25, 0.3) is 0 Å². The van der Waals surface area contributed by atoms with Crippen LogP contribution in [0, 0.1) is 0 Å². The molecule has 0 aliphatic carbocycles. The second-order valence-corrected chi connectivity index (χ2v) is 13.9. The van der Waals surface area contributed by atoms with Crippen molar-refractivity contribution in [3.8, 4) is 45.6 Å². The summed E-state index contributed by atoms with van der Waals surface area (Å²) in [4.78, 5) is 38.4. The molecule has 8 bridgehead atoms. The molecule has 240 valence electrons. The van der Waals surface area contributed by atoms with Gasteiger partial charge >= 0.3 is 17.1 Å². The van der Waals surface area contributed by atoms with Crippen LogP contribution in [0.15, 0.2) is 48.5 Å². The average molecular weight is 844 g/mol. The van der Waals surface area contributed by atoms with Crippen LogP contribution < -0.4 is 9.97 Å². The van der Waals surface area contributed by atoms with E-state index in [0.717, 1.165) is 0 Å². The number of benzene rings is 4. The van der Waals surface area contributed by atoms with Crippen molar-refractivity contribution in [1.82, 2.24) is 39.9 Å². The number of fused-ring (bicyclic) bond motifs is 20. The molecule has 0 saturated heterocycles. The molecule has 4 aromatic carbocycles. The monoisotopic (exact) mass is 840 g/mol. The maximum Gasteiger partial charge on any atom is 2.00 e. The van der Waals surface area contributed by atoms with Gasteiger partial charge in [0.2, 0.25) is 0 Å². The topological polar surface area (TPSA) is 106 Å². The summed E-state index contributed by atoms with van der Waals surface area (Å²) in [5.41, 5.74) is 2.40. The van der Waals surface area contributed by atoms with Gasteiger partial charge in [0.15, 0.2) is 0 Å². The second-order valence-electron chi connectivity index (χ2n) is 10.6. The standard InChI is InChI=1S/C32H8Cl8N8.Fe/c33-9-1-2-10(34)18-17(9)25-41-26(18)46-28-21-13(37)5-6-14(38)22(21)30(43-28)48-32-24-16(40)8-7-15(39)23(24)31(44-32)47-29-20-12(36)4-3-11(35)19(20)27(42-29)45-25;/h1-8H;/q-2;+2. The molecule has 7 aromatic rings. The van der Waals surface area contributed by atoms with Crippen LogP contribution in [0.2, 0.25) is 40.2 Å². The number of halogens is 8. The summed E-state index contributed by atoms with van der Waals surface area (Å²) >= 11 is 53.9. The Morgan fingerprint density at radius 3 is 0.735 bits per heavy atom. The van der Waals surface area contributed by atoms with Crippen LogP contribution in [-0.2, 0) is 17.1 Å². The van der Waals surface area contributed by atoms with Crippen LogP contribution in [0.1, 0.15) is 0 Å². The van der Waals surface area contributed by atoms with Crippen molar-refractivity contribution in [2.45, 2.75) is 0 Å². The molecule has 0 atom stereocenters. The predicted octanol–water partition coefficient (Wildman–Crippen LogP) is 11.4. The molecule has 0 N–H and O–H groups in total. The van der Waals surface area contributed by atoms with Crippen molar-refractivity contribution in [3.63, 3.8) is 0 Å². The third-order valence-corrected chi connectivity index (χ3v) is 10.4. The van der Waals surface area contributed by atoms with Crippen LogP contribution in [0.4, 0.5) is 0 Å². The van der Waals surface area contributed by atoms with Gasteiger partial charge in [0, 0.05) is 86.5 Å². The number of nitrogens with zero attached hydrogens (tertiary/aromatic N) is 8. The van der Waals surface area contributed by atoms with Crippen molar-refractivity contribution in [1.29, 1.82) is 0 Å². The zero-order valence-electron chi connectivity index (χ0n) is 23.6. The van der Waals surface area contributed by atoms with Crippen LogP contribution in [-0.4, -0.2) is 29.9 Å². The summed E-state index contributed by atoms with van der Waals surface area (Å²) in [7, 11) is 0. The molecule has 5 heterocycles. The van der Waals surface area contributed by atoms with E-state index in [0.29, 0.717) is 84.0 Å². The van der Waals surface area contributed by atoms with Crippen molar-refractivity contribution < 1.29 is 17.1 Å². The first-order valence-corrected chi connectivity index (χ1v) is 16.8. The van der Waals surface area contributed by atoms with E-state index < -0.39 is 0 Å². The first-order valence-electron chi connectivity index (χ1n) is 13.7. The van der Waals surface area contributed by atoms with Gasteiger partial charge in [-0.1, -0.05) is 92.8 Å². The quantitative estimate of drug-likeness (QED) is 0.139. The van der Waals surface area contributed by atoms with E-state index in [1.54, 1.807) is 48.5 Å². The summed E-state index contributed by atoms with van der Waals surface area (Å²) in [6, 6.07) is 13.1. The van der Waals surface area contributed by atoms with Crippen LogP contribution in [0.5, 0.6) is 0 Å². The summed E-state index contributed by atoms with van der Waals surface area (Å²) in [5.74, 6) is 0.682. The zero-order chi connectivity index (χ0) is 33.2. The number of rotatable bonds is 0. The Morgan fingerprint density at radius 2 is 0.510 bits per heavy atom. The van der Waals surface area contributed by atoms with Crippen LogP contribution in [0.25, 0.3) is 89.7 Å². The minimum atomic E-state index is 0. The van der Waals surface area contributed by atoms with Crippen molar-refractivity contribution >= 4 is 137 Å². The Hall–Kier alpha value is -2.92. The molecule has 0 unspecified atom stereocenters. The van der Waals surface area contributed by atoms with E-state index in [2.05, 4.69) is 0 Å². The summed E-state index contributed by atoms with van der Waals surface area (Å²) in [6.45, 7) is 0. The molecule has 2 aliphatic rings. The van der Waals surface area contributed by atoms with Crippen molar-refractivity contribution in [3.05, 3.63) is 88.7 Å². The smallest absolute Gasteiger partial charge is 0.357 e. The second kappa shape index (κ2) is 12.1. The molecule has 3 aromatic heterocycles. The summed E-state index contributed by atoms with van der Waals surface area (Å²) < 4.78 is 0. The Balaban J connectivity index is 0.00000348. The van der Waals surface area contributed by atoms with Crippen molar-refractivity contribution in [2.75, 3.05) is 0 Å². The summed E-state index contributed by atoms with van der Waals surface area (Å²) in [6.07, 6.45) is 0. The van der Waals surface area contributed by atoms with E-state index in [1.165, 1.54) is 0 Å². The van der Waals surface area contributed by atoms with Gasteiger partial charge in [-0.15, -0.1) is 0 Å². The van der Waals surface area contributed by atoms with Gasteiger partial charge in [-0.3, -0.25) is 0 Å². The third kappa shape index (κ3) is 5.02. The van der Waals surface area contributed by atoms with Gasteiger partial charge in [0.05, 0.1) is 43.4 Å². The van der Waals surface area contributed by atoms with Gasteiger partial charge < -0.3 is 29.9 Å². The maximum atomic E-state index is 6.74. The molecule has 9 rings (SSSR count). The normalized spacial score (nSPS) is 11.9. The van der Waals surface area contributed by atoms with Gasteiger partial charge in [-0.05, 0) is 48.5 Å². The first-order chi connectivity index (χ1) is 23.1. The molecule has 0 amide bonds. The molecule has 0 fully saturated rings. The minimum Gasteiger partial charge on any atom is -0.357 e. The molecule has 0 radical (unpaired) electrons. The Labute approximate surface area is 325 Å². The Bertz CT molecular complexity index is 2430. The van der Waals surface area contributed by atoms with Gasteiger partial charge in [-0.2, -0.15) is 0 Å². The van der Waals surface area contributed by atoms with Crippen LogP contribution >= 0.6 is 92.8 Å². The van der Waals surface area contributed by atoms with Gasteiger partial charge in [-0.25, -0.2) is 9.97 Å². The molecule has 0 spiro atoms. The molecular formula is C32H8Cl8FeN8. The van der Waals surface area contributed by atoms with E-state index >= 15 is 0 Å². The van der Waals surface area contributed by atoms with Crippen molar-refractivity contribution in [2.24, 2.45) is 0 Å². The SMILES string of the molecule is Clc1ccc(Cl)c2c1-c1nc-2nc2[n-]c(nc3nc(nc4[n-]c(n1)c1c(Cl)ccc(Cl)c41)-c1c(Cl)ccc(Cl)c1-3)c1c(Cl)ccc(Cl)c21.[Fe+2]. The fourth-order valence-corrected chi connectivity index (χ4v) is 7.79. The van der Waals surface area contributed by atoms with Gasteiger partial charge in [0.1, 0.15) is 0 Å². The molecule has 17 heteroatoms.